The van der Waals surface area contributed by atoms with Gasteiger partial charge in [0.2, 0.25) is 0 Å². The molecular formula is C30H25F3N6O2S. The van der Waals surface area contributed by atoms with Gasteiger partial charge in [-0.05, 0) is 54.8 Å². The zero-order valence-electron chi connectivity index (χ0n) is 22.6. The van der Waals surface area contributed by atoms with Gasteiger partial charge in [0.25, 0.3) is 0 Å². The first kappa shape index (κ1) is 28.7. The van der Waals surface area contributed by atoms with E-state index in [2.05, 4.69) is 37.8 Å². The van der Waals surface area contributed by atoms with E-state index in [0.29, 0.717) is 22.7 Å². The molecule has 0 fully saturated rings. The lowest BCUT2D eigenvalue weighted by Gasteiger charge is -2.10. The zero-order chi connectivity index (χ0) is 29.7. The van der Waals surface area contributed by atoms with Gasteiger partial charge in [-0.15, -0.1) is 29.6 Å². The number of para-hydroxylation sites is 1. The van der Waals surface area contributed by atoms with Gasteiger partial charge in [0, 0.05) is 29.3 Å². The van der Waals surface area contributed by atoms with Crippen molar-refractivity contribution < 1.29 is 22.7 Å². The van der Waals surface area contributed by atoms with E-state index in [4.69, 9.17) is 0 Å². The second kappa shape index (κ2) is 12.4. The second-order valence-electron chi connectivity index (χ2n) is 9.14. The lowest BCUT2D eigenvalue weighted by Crippen LogP contribution is -2.17. The van der Waals surface area contributed by atoms with Crippen molar-refractivity contribution in [1.29, 1.82) is 0 Å². The number of rotatable bonds is 7. The number of amides is 2. The minimum atomic E-state index is -4.75. The van der Waals surface area contributed by atoms with E-state index in [0.717, 1.165) is 34.5 Å². The molecule has 0 N–H and O–H groups in total. The Hall–Kier alpha value is -4.84. The molecule has 0 aliphatic heterocycles. The minimum absolute atomic E-state index is 0.316. The summed E-state index contributed by atoms with van der Waals surface area (Å²) >= 11 is 1.39. The maximum Gasteiger partial charge on any atom is 0.573 e. The number of nitrogens with zero attached hydrogens (tertiary/aromatic N) is 6. The fourth-order valence-electron chi connectivity index (χ4n) is 4.24. The molecule has 0 bridgehead atoms. The van der Waals surface area contributed by atoms with Gasteiger partial charge in [0.15, 0.2) is 10.6 Å². The Morgan fingerprint density at radius 1 is 1.05 bits per heavy atom. The van der Waals surface area contributed by atoms with Crippen molar-refractivity contribution in [3.8, 4) is 28.5 Å². The molecule has 214 valence electrons. The van der Waals surface area contributed by atoms with E-state index < -0.39 is 12.4 Å². The van der Waals surface area contributed by atoms with Crippen molar-refractivity contribution in [1.82, 2.24) is 19.3 Å². The minimum Gasteiger partial charge on any atom is -0.406 e. The van der Waals surface area contributed by atoms with Gasteiger partial charge in [-0.2, -0.15) is 4.99 Å². The Labute approximate surface area is 243 Å². The van der Waals surface area contributed by atoms with Gasteiger partial charge in [-0.1, -0.05) is 49.4 Å². The topological polar surface area (TPSA) is 86.7 Å². The predicted molar refractivity (Wildman–Crippen MR) is 154 cm³/mol. The highest BCUT2D eigenvalue weighted by Crippen LogP contribution is 2.24. The van der Waals surface area contributed by atoms with Gasteiger partial charge in [-0.25, -0.2) is 19.5 Å². The standard InChI is InChI=1S/C30H25F3N6O2S/c1-3-22-6-4-5-7-26(22)39-20(2)18-42-29(39)36-28(40)34-17-16-21-8-10-23(11-9-21)27-35-19-38(37-27)24-12-14-25(15-13-24)41-30(31,32)33/h4-15,17-19H,3,16H2,1-2H3. The summed E-state index contributed by atoms with van der Waals surface area (Å²) in [6.45, 7) is 4.07. The second-order valence-corrected chi connectivity index (χ2v) is 9.98. The molecule has 0 saturated heterocycles. The molecule has 12 heteroatoms. The van der Waals surface area contributed by atoms with Crippen molar-refractivity contribution in [2.45, 2.75) is 33.1 Å². The summed E-state index contributed by atoms with van der Waals surface area (Å²) in [5.74, 6) is 0.133. The van der Waals surface area contributed by atoms with Crippen molar-refractivity contribution in [3.63, 3.8) is 0 Å². The Bertz CT molecular complexity index is 1790. The third kappa shape index (κ3) is 6.89. The molecule has 0 aliphatic carbocycles. The molecule has 0 aliphatic rings. The molecular weight excluding hydrogens is 565 g/mol. The first-order valence-corrected chi connectivity index (χ1v) is 13.8. The Morgan fingerprint density at radius 2 is 1.79 bits per heavy atom. The van der Waals surface area contributed by atoms with Crippen LogP contribution in [0.15, 0.2) is 94.5 Å². The Kier molecular flexibility index (Phi) is 8.43. The SMILES string of the molecule is CCc1ccccc1-n1c(C)csc1=NC(=O)N=CCc1ccc(-c2ncn(-c3ccc(OC(F)(F)F)cc3)n2)cc1. The average molecular weight is 591 g/mol. The van der Waals surface area contributed by atoms with E-state index in [1.165, 1.54) is 52.8 Å². The number of aryl methyl sites for hydroxylation is 2. The largest absolute Gasteiger partial charge is 0.573 e. The van der Waals surface area contributed by atoms with Crippen LogP contribution >= 0.6 is 11.3 Å². The normalized spacial score (nSPS) is 12.3. The number of hydrogen-bond donors (Lipinski definition) is 0. The average Bonchev–Trinajstić information content (AvgIpc) is 3.60. The number of hydrogen-bond acceptors (Lipinski definition) is 5. The molecule has 0 radical (unpaired) electrons. The highest BCUT2D eigenvalue weighted by Gasteiger charge is 2.31. The van der Waals surface area contributed by atoms with Crippen LogP contribution in [0.5, 0.6) is 5.75 Å². The maximum absolute atomic E-state index is 12.5. The molecule has 5 aromatic rings. The third-order valence-electron chi connectivity index (χ3n) is 6.25. The monoisotopic (exact) mass is 590 g/mol. The van der Waals surface area contributed by atoms with E-state index in [1.807, 2.05) is 59.3 Å². The Morgan fingerprint density at radius 3 is 2.50 bits per heavy atom. The predicted octanol–water partition coefficient (Wildman–Crippen LogP) is 6.89. The van der Waals surface area contributed by atoms with Crippen LogP contribution in [0.25, 0.3) is 22.8 Å². The molecule has 42 heavy (non-hydrogen) atoms. The fourth-order valence-corrected chi connectivity index (χ4v) is 5.10. The number of urea groups is 1. The summed E-state index contributed by atoms with van der Waals surface area (Å²) < 4.78 is 44.5. The smallest absolute Gasteiger partial charge is 0.406 e. The first-order chi connectivity index (χ1) is 20.2. The summed E-state index contributed by atoms with van der Waals surface area (Å²) in [6.07, 6.45) is -0.454. The van der Waals surface area contributed by atoms with E-state index in [-0.39, 0.29) is 5.75 Å². The van der Waals surface area contributed by atoms with Crippen molar-refractivity contribution in [2.75, 3.05) is 0 Å². The molecule has 0 saturated carbocycles. The summed E-state index contributed by atoms with van der Waals surface area (Å²) in [4.78, 5) is 25.6. The molecule has 2 amide bonds. The van der Waals surface area contributed by atoms with Gasteiger partial charge < -0.3 is 4.74 Å². The molecule has 2 heterocycles. The van der Waals surface area contributed by atoms with Crippen LogP contribution in [-0.2, 0) is 12.8 Å². The summed E-state index contributed by atoms with van der Waals surface area (Å²) in [7, 11) is 0. The quantitative estimate of drug-likeness (QED) is 0.193. The van der Waals surface area contributed by atoms with Crippen LogP contribution in [0.1, 0.15) is 23.7 Å². The van der Waals surface area contributed by atoms with Gasteiger partial charge in [0.05, 0.1) is 11.4 Å². The van der Waals surface area contributed by atoms with Crippen LogP contribution in [0.3, 0.4) is 0 Å². The van der Waals surface area contributed by atoms with Crippen LogP contribution in [0.4, 0.5) is 18.0 Å². The number of alkyl halides is 3. The van der Waals surface area contributed by atoms with Gasteiger partial charge in [0.1, 0.15) is 12.1 Å². The third-order valence-corrected chi connectivity index (χ3v) is 7.19. The number of benzene rings is 3. The van der Waals surface area contributed by atoms with E-state index in [9.17, 15) is 18.0 Å². The fraction of sp³-hybridized carbons (Fsp3) is 0.167. The highest BCUT2D eigenvalue weighted by molar-refractivity contribution is 7.07. The zero-order valence-corrected chi connectivity index (χ0v) is 23.4. The van der Waals surface area contributed by atoms with Crippen LogP contribution < -0.4 is 9.54 Å². The number of carbonyl (C=O) groups excluding carboxylic acids is 1. The first-order valence-electron chi connectivity index (χ1n) is 12.9. The summed E-state index contributed by atoms with van der Waals surface area (Å²) in [5, 5.41) is 6.37. The summed E-state index contributed by atoms with van der Waals surface area (Å²) in [6, 6.07) is 20.3. The Balaban J connectivity index is 1.23. The van der Waals surface area contributed by atoms with E-state index >= 15 is 0 Å². The van der Waals surface area contributed by atoms with Crippen LogP contribution in [-0.4, -0.2) is 37.9 Å². The van der Waals surface area contributed by atoms with Crippen molar-refractivity contribution in [3.05, 3.63) is 106 Å². The molecule has 2 aromatic heterocycles. The maximum atomic E-state index is 12.5. The molecule has 0 atom stereocenters. The molecule has 3 aromatic carbocycles. The van der Waals surface area contributed by atoms with Crippen LogP contribution in [0, 0.1) is 6.92 Å². The van der Waals surface area contributed by atoms with Gasteiger partial charge in [-0.3, -0.25) is 4.57 Å². The number of thiazole rings is 1. The molecule has 0 spiro atoms. The summed E-state index contributed by atoms with van der Waals surface area (Å²) in [5.41, 5.74) is 5.36. The molecule has 5 rings (SSSR count). The van der Waals surface area contributed by atoms with Crippen LogP contribution in [0.2, 0.25) is 0 Å². The van der Waals surface area contributed by atoms with E-state index in [1.54, 1.807) is 0 Å². The lowest BCUT2D eigenvalue weighted by molar-refractivity contribution is -0.274. The van der Waals surface area contributed by atoms with Crippen molar-refractivity contribution in [2.24, 2.45) is 9.98 Å². The lowest BCUT2D eigenvalue weighted by atomic mass is 10.1. The van der Waals surface area contributed by atoms with Gasteiger partial charge >= 0.3 is 12.4 Å². The molecule has 0 unspecified atom stereocenters. The number of aliphatic imine (C=N–C) groups is 1. The highest BCUT2D eigenvalue weighted by atomic mass is 32.1. The number of halogens is 3. The number of ether oxygens (including phenoxy) is 1. The number of carbonyl (C=O) groups is 1. The number of aromatic nitrogens is 4. The molecule has 8 nitrogen and oxygen atoms in total. The van der Waals surface area contributed by atoms with Crippen molar-refractivity contribution >= 4 is 23.6 Å².